The number of fused-ring (bicyclic) bond motifs is 2. The Bertz CT molecular complexity index is 842. The van der Waals surface area contributed by atoms with Gasteiger partial charge in [-0.15, -0.1) is 0 Å². The van der Waals surface area contributed by atoms with Gasteiger partial charge < -0.3 is 20.3 Å². The Hall–Kier alpha value is -2.81. The maximum absolute atomic E-state index is 13.8. The van der Waals surface area contributed by atoms with Crippen molar-refractivity contribution in [2.75, 3.05) is 19.8 Å². The molecular weight excluding hydrogens is 352 g/mol. The summed E-state index contributed by atoms with van der Waals surface area (Å²) in [6.07, 6.45) is 0.236. The Kier molecular flexibility index (Phi) is 4.49. The van der Waals surface area contributed by atoms with Crippen molar-refractivity contribution in [1.29, 1.82) is 0 Å². The van der Waals surface area contributed by atoms with Crippen molar-refractivity contribution in [2.24, 2.45) is 0 Å². The van der Waals surface area contributed by atoms with Gasteiger partial charge in [0.1, 0.15) is 17.9 Å². The number of aliphatic hydroxyl groups excluding tert-OH is 1. The number of nitrogens with one attached hydrogen (secondary N) is 1. The van der Waals surface area contributed by atoms with E-state index < -0.39 is 52.6 Å². The van der Waals surface area contributed by atoms with Crippen LogP contribution in [0.15, 0.2) is 17.7 Å². The van der Waals surface area contributed by atoms with E-state index >= 15 is 0 Å². The van der Waals surface area contributed by atoms with Crippen LogP contribution in [0.4, 0.5) is 8.78 Å². The monoisotopic (exact) mass is 367 g/mol. The summed E-state index contributed by atoms with van der Waals surface area (Å²) in [5.74, 6) is -6.40. The van der Waals surface area contributed by atoms with Gasteiger partial charge in [-0.05, 0) is 30.5 Å². The van der Waals surface area contributed by atoms with E-state index in [0.717, 1.165) is 12.1 Å². The largest absolute Gasteiger partial charge is 0.506 e. The van der Waals surface area contributed by atoms with Crippen molar-refractivity contribution < 1.29 is 38.1 Å². The van der Waals surface area contributed by atoms with Gasteiger partial charge in [0, 0.05) is 18.8 Å². The molecule has 3 N–H and O–H groups in total. The summed E-state index contributed by atoms with van der Waals surface area (Å²) in [7, 11) is 0. The van der Waals surface area contributed by atoms with Gasteiger partial charge in [0.25, 0.3) is 5.91 Å². The molecule has 2 aliphatic rings. The lowest BCUT2D eigenvalue weighted by atomic mass is 9.64. The van der Waals surface area contributed by atoms with Gasteiger partial charge in [0.2, 0.25) is 0 Å². The van der Waals surface area contributed by atoms with Gasteiger partial charge in [0.15, 0.2) is 17.4 Å². The SMILES string of the molecule is O=C(O)CNC(=O)C1=C(O)c2cc(F)c(F)cc2C2(CCOCC2)C1=O. The first kappa shape index (κ1) is 18.0. The maximum Gasteiger partial charge on any atom is 0.322 e. The quantitative estimate of drug-likeness (QED) is 0.689. The molecule has 0 unspecified atom stereocenters. The number of Topliss-reactive ketones (excluding diaryl/α,β-unsaturated/α-hetero) is 1. The van der Waals surface area contributed by atoms with E-state index in [1.54, 1.807) is 0 Å². The van der Waals surface area contributed by atoms with Crippen molar-refractivity contribution in [3.63, 3.8) is 0 Å². The molecule has 9 heteroatoms. The molecule has 0 bridgehead atoms. The molecule has 26 heavy (non-hydrogen) atoms. The van der Waals surface area contributed by atoms with Crippen molar-refractivity contribution in [2.45, 2.75) is 18.3 Å². The highest BCUT2D eigenvalue weighted by Gasteiger charge is 2.50. The Balaban J connectivity index is 2.18. The minimum Gasteiger partial charge on any atom is -0.506 e. The summed E-state index contributed by atoms with van der Waals surface area (Å²) in [5.41, 5.74) is -2.07. The van der Waals surface area contributed by atoms with Gasteiger partial charge in [-0.3, -0.25) is 14.4 Å². The first-order chi connectivity index (χ1) is 12.3. The van der Waals surface area contributed by atoms with Gasteiger partial charge >= 0.3 is 5.97 Å². The molecular formula is C17H15F2NO6. The molecule has 0 radical (unpaired) electrons. The number of aliphatic hydroxyl groups is 1. The molecule has 3 rings (SSSR count). The Morgan fingerprint density at radius 1 is 1.19 bits per heavy atom. The number of ketones is 1. The number of carbonyl (C=O) groups is 3. The average molecular weight is 367 g/mol. The van der Waals surface area contributed by atoms with Crippen molar-refractivity contribution in [1.82, 2.24) is 5.32 Å². The number of amides is 1. The molecule has 1 aliphatic carbocycles. The van der Waals surface area contributed by atoms with Crippen LogP contribution in [0.5, 0.6) is 0 Å². The van der Waals surface area contributed by atoms with Crippen LogP contribution in [-0.2, 0) is 24.5 Å². The first-order valence-electron chi connectivity index (χ1n) is 7.83. The van der Waals surface area contributed by atoms with Crippen LogP contribution in [0.1, 0.15) is 24.0 Å². The summed E-state index contributed by atoms with van der Waals surface area (Å²) < 4.78 is 32.8. The van der Waals surface area contributed by atoms with Crippen LogP contribution in [0.25, 0.3) is 5.76 Å². The van der Waals surface area contributed by atoms with Crippen molar-refractivity contribution >= 4 is 23.4 Å². The third kappa shape index (κ3) is 2.74. The third-order valence-corrected chi connectivity index (χ3v) is 4.70. The standard InChI is InChI=1S/C17H15F2NO6/c18-10-5-8-9(6-11(10)19)17(1-3-26-4-2-17)15(24)13(14(8)23)16(25)20-7-12(21)22/h5-6,23H,1-4,7H2,(H,20,25)(H,21,22). The molecule has 0 aromatic heterocycles. The van der Waals surface area contributed by atoms with Crippen LogP contribution in [0.2, 0.25) is 0 Å². The molecule has 1 saturated heterocycles. The Morgan fingerprint density at radius 3 is 2.42 bits per heavy atom. The van der Waals surface area contributed by atoms with Crippen molar-refractivity contribution in [3.05, 3.63) is 40.5 Å². The molecule has 1 aromatic carbocycles. The third-order valence-electron chi connectivity index (χ3n) is 4.70. The Labute approximate surface area is 146 Å². The summed E-state index contributed by atoms with van der Waals surface area (Å²) in [6.45, 7) is -0.437. The molecule has 1 aromatic rings. The van der Waals surface area contributed by atoms with Gasteiger partial charge in [-0.2, -0.15) is 0 Å². The van der Waals surface area contributed by atoms with E-state index in [9.17, 15) is 28.3 Å². The predicted molar refractivity (Wildman–Crippen MR) is 83.3 cm³/mol. The van der Waals surface area contributed by atoms with E-state index in [2.05, 4.69) is 0 Å². The minimum atomic E-state index is -1.34. The molecule has 1 spiro atoms. The lowest BCUT2D eigenvalue weighted by molar-refractivity contribution is -0.138. The van der Waals surface area contributed by atoms with Crippen LogP contribution in [0.3, 0.4) is 0 Å². The first-order valence-corrected chi connectivity index (χ1v) is 7.83. The second kappa shape index (κ2) is 6.49. The number of aliphatic carboxylic acids is 1. The number of rotatable bonds is 3. The van der Waals surface area contributed by atoms with Crippen LogP contribution in [0, 0.1) is 11.6 Å². The zero-order valence-electron chi connectivity index (χ0n) is 13.5. The van der Waals surface area contributed by atoms with E-state index in [1.165, 1.54) is 0 Å². The molecule has 0 saturated carbocycles. The molecule has 0 atom stereocenters. The maximum atomic E-state index is 13.8. The number of benzene rings is 1. The highest BCUT2D eigenvalue weighted by atomic mass is 19.2. The molecule has 138 valence electrons. The Morgan fingerprint density at radius 2 is 1.81 bits per heavy atom. The van der Waals surface area contributed by atoms with E-state index in [-0.39, 0.29) is 37.2 Å². The zero-order valence-corrected chi connectivity index (χ0v) is 13.5. The number of hydrogen-bond donors (Lipinski definition) is 3. The number of ether oxygens (including phenoxy) is 1. The lowest BCUT2D eigenvalue weighted by Gasteiger charge is -2.40. The fourth-order valence-corrected chi connectivity index (χ4v) is 3.41. The van der Waals surface area contributed by atoms with Gasteiger partial charge in [-0.25, -0.2) is 8.78 Å². The minimum absolute atomic E-state index is 0.0944. The van der Waals surface area contributed by atoms with E-state index in [1.807, 2.05) is 5.32 Å². The molecule has 1 heterocycles. The lowest BCUT2D eigenvalue weighted by Crippen LogP contribution is -2.48. The van der Waals surface area contributed by atoms with E-state index in [4.69, 9.17) is 9.84 Å². The van der Waals surface area contributed by atoms with Gasteiger partial charge in [-0.1, -0.05) is 0 Å². The van der Waals surface area contributed by atoms with Crippen LogP contribution < -0.4 is 5.32 Å². The predicted octanol–water partition coefficient (Wildman–Crippen LogP) is 1.07. The summed E-state index contributed by atoms with van der Waals surface area (Å²) in [5, 5.41) is 21.1. The normalized spacial score (nSPS) is 18.6. The molecule has 1 aliphatic heterocycles. The second-order valence-electron chi connectivity index (χ2n) is 6.14. The summed E-state index contributed by atoms with van der Waals surface area (Å²) in [4.78, 5) is 36.0. The van der Waals surface area contributed by atoms with Crippen LogP contribution >= 0.6 is 0 Å². The number of hydrogen-bond acceptors (Lipinski definition) is 5. The fraction of sp³-hybridized carbons (Fsp3) is 0.353. The zero-order chi connectivity index (χ0) is 19.1. The van der Waals surface area contributed by atoms with Crippen LogP contribution in [-0.4, -0.2) is 47.6 Å². The second-order valence-corrected chi connectivity index (χ2v) is 6.14. The molecule has 1 amide bonds. The average Bonchev–Trinajstić information content (AvgIpc) is 2.61. The van der Waals surface area contributed by atoms with E-state index in [0.29, 0.717) is 0 Å². The highest BCUT2D eigenvalue weighted by Crippen LogP contribution is 2.46. The fourth-order valence-electron chi connectivity index (χ4n) is 3.41. The number of halogens is 2. The number of carboxylic acids is 1. The highest BCUT2D eigenvalue weighted by molar-refractivity contribution is 6.28. The smallest absolute Gasteiger partial charge is 0.322 e. The van der Waals surface area contributed by atoms with Gasteiger partial charge in [0.05, 0.1) is 5.41 Å². The molecule has 7 nitrogen and oxygen atoms in total. The number of carboxylic acid groups (broad SMARTS) is 1. The van der Waals surface area contributed by atoms with Crippen molar-refractivity contribution in [3.8, 4) is 0 Å². The summed E-state index contributed by atoms with van der Waals surface area (Å²) in [6, 6.07) is 1.59. The summed E-state index contributed by atoms with van der Waals surface area (Å²) >= 11 is 0. The topological polar surface area (TPSA) is 113 Å². The molecule has 1 fully saturated rings. The number of carbonyl (C=O) groups excluding carboxylic acids is 2.